The summed E-state index contributed by atoms with van der Waals surface area (Å²) in [6.45, 7) is 0. The minimum absolute atomic E-state index is 0.120. The van der Waals surface area contributed by atoms with Crippen LogP contribution in [0.3, 0.4) is 0 Å². The molecule has 0 radical (unpaired) electrons. The Morgan fingerprint density at radius 3 is 2.80 bits per heavy atom. The van der Waals surface area contributed by atoms with E-state index in [1.807, 2.05) is 5.32 Å². The Morgan fingerprint density at radius 2 is 2.40 bits per heavy atom. The summed E-state index contributed by atoms with van der Waals surface area (Å²) in [4.78, 5) is 13.0. The quantitative estimate of drug-likeness (QED) is 0.167. The molecule has 1 amide bonds. The van der Waals surface area contributed by atoms with Gasteiger partial charge in [0.1, 0.15) is 8.96 Å². The number of amides is 1. The average Bonchev–Trinajstić information content (AvgIpc) is 1.82. The summed E-state index contributed by atoms with van der Waals surface area (Å²) in [6.07, 6.45) is -0.722. The van der Waals surface area contributed by atoms with Gasteiger partial charge in [-0.2, -0.15) is 0 Å². The summed E-state index contributed by atoms with van der Waals surface area (Å²) in [6, 6.07) is 0. The van der Waals surface area contributed by atoms with Crippen molar-refractivity contribution in [2.24, 2.45) is 5.73 Å². The van der Waals surface area contributed by atoms with Crippen molar-refractivity contribution in [3.63, 3.8) is 0 Å². The van der Waals surface area contributed by atoms with Gasteiger partial charge in [-0.25, -0.2) is 4.79 Å². The molecule has 0 bridgehead atoms. The molecule has 0 saturated heterocycles. The summed E-state index contributed by atoms with van der Waals surface area (Å²) < 4.78 is 4.45. The zero-order chi connectivity index (χ0) is 7.98. The van der Waals surface area contributed by atoms with Crippen LogP contribution in [0.4, 0.5) is 4.79 Å². The van der Waals surface area contributed by atoms with Crippen LogP contribution in [-0.4, -0.2) is 20.0 Å². The van der Waals surface area contributed by atoms with Gasteiger partial charge in [0.2, 0.25) is 0 Å². The Kier molecular flexibility index (Phi) is 4.61. The van der Waals surface area contributed by atoms with Crippen LogP contribution in [0.15, 0.2) is 0 Å². The van der Waals surface area contributed by atoms with Gasteiger partial charge in [-0.3, -0.25) is 10.7 Å². The number of hydrogen-bond donors (Lipinski definition) is 4. The van der Waals surface area contributed by atoms with Crippen LogP contribution in [0.25, 0.3) is 0 Å². The van der Waals surface area contributed by atoms with Crippen molar-refractivity contribution in [3.8, 4) is 0 Å². The van der Waals surface area contributed by atoms with E-state index in [4.69, 9.17) is 11.1 Å². The molecule has 6 nitrogen and oxygen atoms in total. The van der Waals surface area contributed by atoms with Gasteiger partial charge in [-0.15, -0.1) is 0 Å². The maximum absolute atomic E-state index is 10.4. The molecule has 0 aromatic heterocycles. The van der Waals surface area contributed by atoms with Crippen LogP contribution >= 0.6 is 8.96 Å². The van der Waals surface area contributed by atoms with Crippen molar-refractivity contribution in [2.45, 2.75) is 0 Å². The van der Waals surface area contributed by atoms with Crippen molar-refractivity contribution in [3.05, 3.63) is 0 Å². The van der Waals surface area contributed by atoms with Gasteiger partial charge in [0.25, 0.3) is 0 Å². The Hall–Kier alpha value is -0.805. The minimum atomic E-state index is -0.722. The van der Waals surface area contributed by atoms with Crippen LogP contribution in [0.1, 0.15) is 0 Å². The number of nitrogens with two attached hydrogens (primary N) is 1. The van der Waals surface area contributed by atoms with Crippen LogP contribution in [-0.2, 0) is 4.52 Å². The topological polar surface area (TPSA) is 100 Å². The second-order valence-electron chi connectivity index (χ2n) is 1.28. The smallest absolute Gasteiger partial charge is 0.416 e. The fourth-order valence-electron chi connectivity index (χ4n) is 0.233. The Bertz CT molecular complexity index is 141. The first-order chi connectivity index (χ1) is 4.66. The molecule has 56 valence electrons. The number of carbonyl (C=O) groups excluding carboxylic acids is 1. The molecule has 8 heteroatoms. The van der Waals surface area contributed by atoms with Crippen molar-refractivity contribution in [2.75, 3.05) is 0 Å². The van der Waals surface area contributed by atoms with Gasteiger partial charge >= 0.3 is 6.09 Å². The van der Waals surface area contributed by atoms with Gasteiger partial charge in [0, 0.05) is 0 Å². The van der Waals surface area contributed by atoms with Crippen molar-refractivity contribution in [1.29, 1.82) is 5.41 Å². The van der Waals surface area contributed by atoms with Gasteiger partial charge in [-0.05, 0) is 0 Å². The highest BCUT2D eigenvalue weighted by Crippen LogP contribution is 2.01. The first kappa shape index (κ1) is 9.19. The highest BCUT2D eigenvalue weighted by molar-refractivity contribution is 7.32. The number of carbonyl (C=O) groups is 1. The van der Waals surface area contributed by atoms with E-state index in [2.05, 4.69) is 9.52 Å². The molecule has 5 N–H and O–H groups in total. The minimum Gasteiger partial charge on any atom is -0.416 e. The lowest BCUT2D eigenvalue weighted by atomic mass is 10.5. The second-order valence-corrected chi connectivity index (χ2v) is 2.19. The average molecular weight is 162 g/mol. The number of guanidine groups is 1. The van der Waals surface area contributed by atoms with Gasteiger partial charge in [0.05, 0.1) is 0 Å². The summed E-state index contributed by atoms with van der Waals surface area (Å²) in [5, 5.41) is 8.55. The lowest BCUT2D eigenvalue weighted by Gasteiger charge is -2.02. The third-order valence-corrected chi connectivity index (χ3v) is 0.974. The molecule has 1 atom stereocenters. The third-order valence-electron chi connectivity index (χ3n) is 0.483. The van der Waals surface area contributed by atoms with E-state index in [1.54, 1.807) is 7.98 Å². The molecular formula is C2H8BN4O2P. The maximum Gasteiger partial charge on any atom is 0.417 e. The molecular weight excluding hydrogens is 154 g/mol. The standard InChI is InChI=1S/C2H8BN4O2P/c3-7-10-9-2(8)6-1(4)5/h7,10H,3H2,(H4,4,5,6,8). The van der Waals surface area contributed by atoms with E-state index < -0.39 is 12.1 Å². The first-order valence-electron chi connectivity index (χ1n) is 2.40. The molecule has 0 fully saturated rings. The van der Waals surface area contributed by atoms with Crippen LogP contribution in [0, 0.1) is 5.41 Å². The SMILES string of the molecule is BNPOC(=O)NC(=N)N. The van der Waals surface area contributed by atoms with Gasteiger partial charge in [0.15, 0.2) is 13.9 Å². The number of rotatable bonds is 2. The molecule has 0 saturated carbocycles. The zero-order valence-corrected chi connectivity index (χ0v) is 6.39. The van der Waals surface area contributed by atoms with Crippen LogP contribution in [0.2, 0.25) is 0 Å². The van der Waals surface area contributed by atoms with Crippen LogP contribution in [0.5, 0.6) is 0 Å². The van der Waals surface area contributed by atoms with Gasteiger partial charge < -0.3 is 15.3 Å². The summed E-state index contributed by atoms with van der Waals surface area (Å²) in [7, 11) is 1.52. The molecule has 0 aliphatic carbocycles. The predicted molar refractivity (Wildman–Crippen MR) is 41.5 cm³/mol. The monoisotopic (exact) mass is 162 g/mol. The third kappa shape index (κ3) is 5.33. The zero-order valence-electron chi connectivity index (χ0n) is 5.39. The number of hydrogen-bond acceptors (Lipinski definition) is 4. The molecule has 1 unspecified atom stereocenters. The fourth-order valence-corrected chi connectivity index (χ4v) is 0.479. The summed E-state index contributed by atoms with van der Waals surface area (Å²) in [5.41, 5.74) is 4.82. The molecule has 0 aromatic rings. The highest BCUT2D eigenvalue weighted by Gasteiger charge is 1.99. The second kappa shape index (κ2) is 5.02. The molecule has 0 spiro atoms. The lowest BCUT2D eigenvalue weighted by Crippen LogP contribution is -2.35. The van der Waals surface area contributed by atoms with E-state index in [9.17, 15) is 4.79 Å². The molecule has 10 heavy (non-hydrogen) atoms. The lowest BCUT2D eigenvalue weighted by molar-refractivity contribution is 0.212. The van der Waals surface area contributed by atoms with E-state index in [0.717, 1.165) is 0 Å². The van der Waals surface area contributed by atoms with Crippen molar-refractivity contribution >= 4 is 29.0 Å². The highest BCUT2D eigenvalue weighted by atomic mass is 31.1. The summed E-state index contributed by atoms with van der Waals surface area (Å²) in [5.74, 6) is -0.425. The van der Waals surface area contributed by atoms with E-state index >= 15 is 0 Å². The molecule has 0 aliphatic heterocycles. The van der Waals surface area contributed by atoms with Crippen molar-refractivity contribution in [1.82, 2.24) is 10.3 Å². The first-order valence-corrected chi connectivity index (χ1v) is 3.31. The Labute approximate surface area is 60.7 Å². The fraction of sp³-hybridized carbons (Fsp3) is 0. The van der Waals surface area contributed by atoms with Gasteiger partial charge in [-0.1, -0.05) is 0 Å². The maximum atomic E-state index is 10.4. The Morgan fingerprint density at radius 1 is 1.80 bits per heavy atom. The van der Waals surface area contributed by atoms with E-state index in [0.29, 0.717) is 0 Å². The number of nitrogens with one attached hydrogen (secondary N) is 3. The predicted octanol–water partition coefficient (Wildman–Crippen LogP) is -1.75. The molecule has 0 rings (SSSR count). The largest absolute Gasteiger partial charge is 0.417 e. The Balaban J connectivity index is 3.35. The summed E-state index contributed by atoms with van der Waals surface area (Å²) >= 11 is 0. The normalized spacial score (nSPS) is 9.60. The molecule has 0 aliphatic rings. The van der Waals surface area contributed by atoms with Crippen LogP contribution < -0.4 is 16.0 Å². The molecule has 0 heterocycles. The molecule has 0 aromatic carbocycles. The van der Waals surface area contributed by atoms with E-state index in [1.165, 1.54) is 0 Å². The van der Waals surface area contributed by atoms with E-state index in [-0.39, 0.29) is 8.96 Å². The van der Waals surface area contributed by atoms with Crippen molar-refractivity contribution < 1.29 is 9.32 Å².